The molecule has 0 spiro atoms. The number of fused-ring (bicyclic) bond motifs is 1. The van der Waals surface area contributed by atoms with Crippen molar-refractivity contribution >= 4 is 10.9 Å². The van der Waals surface area contributed by atoms with E-state index in [-0.39, 0.29) is 5.82 Å². The van der Waals surface area contributed by atoms with Crippen LogP contribution in [0.25, 0.3) is 10.9 Å². The quantitative estimate of drug-likeness (QED) is 0.760. The molecule has 1 aromatic heterocycles. The van der Waals surface area contributed by atoms with Crippen LogP contribution in [0.3, 0.4) is 0 Å². The smallest absolute Gasteiger partial charge is 0.125 e. The standard InChI is InChI=1S/C12H12FNO/c13-9-1-2-10-11(6-14-12(10)5-9)8-3-4-15-7-8/h1-2,5-6,8,14H,3-4,7H2/t8-/m1/s1. The van der Waals surface area contributed by atoms with Crippen molar-refractivity contribution in [3.63, 3.8) is 0 Å². The molecular weight excluding hydrogens is 193 g/mol. The van der Waals surface area contributed by atoms with Gasteiger partial charge in [0.25, 0.3) is 0 Å². The Hall–Kier alpha value is -1.35. The average Bonchev–Trinajstić information content (AvgIpc) is 2.82. The van der Waals surface area contributed by atoms with Gasteiger partial charge >= 0.3 is 0 Å². The van der Waals surface area contributed by atoms with Gasteiger partial charge in [0.1, 0.15) is 5.82 Å². The maximum atomic E-state index is 13.0. The highest BCUT2D eigenvalue weighted by atomic mass is 19.1. The Kier molecular flexibility index (Phi) is 1.99. The van der Waals surface area contributed by atoms with Crippen molar-refractivity contribution in [3.8, 4) is 0 Å². The van der Waals surface area contributed by atoms with Gasteiger partial charge in [-0.3, -0.25) is 0 Å². The maximum Gasteiger partial charge on any atom is 0.125 e. The summed E-state index contributed by atoms with van der Waals surface area (Å²) in [5.41, 5.74) is 2.12. The molecule has 1 aliphatic rings. The molecule has 3 heteroatoms. The third-order valence-corrected chi connectivity index (χ3v) is 3.05. The van der Waals surface area contributed by atoms with Crippen LogP contribution in [-0.4, -0.2) is 18.2 Å². The van der Waals surface area contributed by atoms with E-state index in [2.05, 4.69) is 4.98 Å². The number of rotatable bonds is 1. The predicted molar refractivity (Wildman–Crippen MR) is 56.4 cm³/mol. The van der Waals surface area contributed by atoms with Gasteiger partial charge < -0.3 is 9.72 Å². The van der Waals surface area contributed by atoms with E-state index in [9.17, 15) is 4.39 Å². The van der Waals surface area contributed by atoms with Gasteiger partial charge in [0.05, 0.1) is 6.61 Å². The third kappa shape index (κ3) is 1.43. The number of hydrogen-bond acceptors (Lipinski definition) is 1. The number of benzene rings is 1. The minimum atomic E-state index is -0.196. The first-order chi connectivity index (χ1) is 7.34. The largest absolute Gasteiger partial charge is 0.381 e. The van der Waals surface area contributed by atoms with Gasteiger partial charge in [0.15, 0.2) is 0 Å². The summed E-state index contributed by atoms with van der Waals surface area (Å²) in [6, 6.07) is 4.89. The van der Waals surface area contributed by atoms with E-state index in [0.717, 1.165) is 30.5 Å². The van der Waals surface area contributed by atoms with E-state index in [4.69, 9.17) is 4.74 Å². The van der Waals surface area contributed by atoms with E-state index >= 15 is 0 Å². The van der Waals surface area contributed by atoms with Crippen molar-refractivity contribution in [1.29, 1.82) is 0 Å². The molecule has 1 fully saturated rings. The van der Waals surface area contributed by atoms with Crippen LogP contribution < -0.4 is 0 Å². The minimum Gasteiger partial charge on any atom is -0.381 e. The molecule has 0 aliphatic carbocycles. The number of halogens is 1. The fourth-order valence-corrected chi connectivity index (χ4v) is 2.24. The zero-order valence-electron chi connectivity index (χ0n) is 8.29. The first-order valence-electron chi connectivity index (χ1n) is 5.19. The second-order valence-electron chi connectivity index (χ2n) is 3.99. The van der Waals surface area contributed by atoms with Crippen molar-refractivity contribution in [2.24, 2.45) is 0 Å². The molecule has 1 atom stereocenters. The van der Waals surface area contributed by atoms with Crippen molar-refractivity contribution in [1.82, 2.24) is 4.98 Å². The highest BCUT2D eigenvalue weighted by molar-refractivity contribution is 5.83. The Morgan fingerprint density at radius 1 is 1.40 bits per heavy atom. The molecule has 2 aromatic rings. The van der Waals surface area contributed by atoms with E-state index in [1.165, 1.54) is 17.7 Å². The molecule has 1 saturated heterocycles. The first-order valence-corrected chi connectivity index (χ1v) is 5.19. The first kappa shape index (κ1) is 8.92. The van der Waals surface area contributed by atoms with Gasteiger partial charge in [-0.1, -0.05) is 0 Å². The molecular formula is C12H12FNO. The lowest BCUT2D eigenvalue weighted by molar-refractivity contribution is 0.194. The van der Waals surface area contributed by atoms with E-state index in [1.54, 1.807) is 0 Å². The Morgan fingerprint density at radius 2 is 2.33 bits per heavy atom. The molecule has 1 aliphatic heterocycles. The SMILES string of the molecule is Fc1ccc2c([C@@H]3CCOC3)c[nH]c2c1. The van der Waals surface area contributed by atoms with Crippen LogP contribution in [0.5, 0.6) is 0 Å². The molecule has 0 saturated carbocycles. The number of aromatic amines is 1. The van der Waals surface area contributed by atoms with E-state index < -0.39 is 0 Å². The highest BCUT2D eigenvalue weighted by Crippen LogP contribution is 2.31. The van der Waals surface area contributed by atoms with Crippen LogP contribution in [0, 0.1) is 5.82 Å². The minimum absolute atomic E-state index is 0.196. The molecule has 15 heavy (non-hydrogen) atoms. The monoisotopic (exact) mass is 205 g/mol. The van der Waals surface area contributed by atoms with Crippen molar-refractivity contribution < 1.29 is 9.13 Å². The summed E-state index contributed by atoms with van der Waals surface area (Å²) in [6.45, 7) is 1.61. The lowest BCUT2D eigenvalue weighted by Crippen LogP contribution is -1.95. The van der Waals surface area contributed by atoms with Crippen LogP contribution in [0.4, 0.5) is 4.39 Å². The predicted octanol–water partition coefficient (Wildman–Crippen LogP) is 2.81. The highest BCUT2D eigenvalue weighted by Gasteiger charge is 2.20. The van der Waals surface area contributed by atoms with Crippen LogP contribution in [0.15, 0.2) is 24.4 Å². The van der Waals surface area contributed by atoms with Gasteiger partial charge in [-0.25, -0.2) is 4.39 Å². The molecule has 78 valence electrons. The Balaban J connectivity index is 2.11. The van der Waals surface area contributed by atoms with Crippen molar-refractivity contribution in [3.05, 3.63) is 35.8 Å². The summed E-state index contributed by atoms with van der Waals surface area (Å²) in [6.07, 6.45) is 3.04. The Labute approximate surface area is 87.1 Å². The average molecular weight is 205 g/mol. The number of aromatic nitrogens is 1. The molecule has 0 amide bonds. The van der Waals surface area contributed by atoms with Gasteiger partial charge in [-0.15, -0.1) is 0 Å². The Bertz CT molecular complexity index is 485. The number of H-pyrrole nitrogens is 1. The number of hydrogen-bond donors (Lipinski definition) is 1. The molecule has 2 heterocycles. The summed E-state index contributed by atoms with van der Waals surface area (Å²) < 4.78 is 18.3. The van der Waals surface area contributed by atoms with Crippen molar-refractivity contribution in [2.45, 2.75) is 12.3 Å². The van der Waals surface area contributed by atoms with Crippen LogP contribution >= 0.6 is 0 Å². The molecule has 1 N–H and O–H groups in total. The van der Waals surface area contributed by atoms with Gasteiger partial charge in [0.2, 0.25) is 0 Å². The second kappa shape index (κ2) is 3.35. The van der Waals surface area contributed by atoms with Gasteiger partial charge in [0, 0.05) is 29.6 Å². The number of ether oxygens (including phenoxy) is 1. The van der Waals surface area contributed by atoms with Gasteiger partial charge in [-0.2, -0.15) is 0 Å². The lowest BCUT2D eigenvalue weighted by atomic mass is 9.98. The molecule has 0 unspecified atom stereocenters. The summed E-state index contributed by atoms with van der Waals surface area (Å²) in [7, 11) is 0. The van der Waals surface area contributed by atoms with Crippen LogP contribution in [-0.2, 0) is 4.74 Å². The third-order valence-electron chi connectivity index (χ3n) is 3.05. The summed E-state index contributed by atoms with van der Waals surface area (Å²) in [4.78, 5) is 3.11. The molecule has 2 nitrogen and oxygen atoms in total. The molecule has 1 aromatic carbocycles. The fourth-order valence-electron chi connectivity index (χ4n) is 2.24. The zero-order chi connectivity index (χ0) is 10.3. The summed E-state index contributed by atoms with van der Waals surface area (Å²) in [5.74, 6) is 0.266. The number of nitrogens with one attached hydrogen (secondary N) is 1. The molecule has 0 radical (unpaired) electrons. The Morgan fingerprint density at radius 3 is 3.13 bits per heavy atom. The summed E-state index contributed by atoms with van der Waals surface area (Å²) in [5, 5.41) is 1.12. The summed E-state index contributed by atoms with van der Waals surface area (Å²) >= 11 is 0. The maximum absolute atomic E-state index is 13.0. The van der Waals surface area contributed by atoms with Crippen molar-refractivity contribution in [2.75, 3.05) is 13.2 Å². The van der Waals surface area contributed by atoms with Gasteiger partial charge in [-0.05, 0) is 30.2 Å². The normalized spacial score (nSPS) is 21.3. The van der Waals surface area contributed by atoms with E-state index in [0.29, 0.717) is 5.92 Å². The van der Waals surface area contributed by atoms with Crippen LogP contribution in [0.2, 0.25) is 0 Å². The second-order valence-corrected chi connectivity index (χ2v) is 3.99. The lowest BCUT2D eigenvalue weighted by Gasteiger charge is -2.05. The fraction of sp³-hybridized carbons (Fsp3) is 0.333. The van der Waals surface area contributed by atoms with Crippen LogP contribution in [0.1, 0.15) is 17.9 Å². The topological polar surface area (TPSA) is 25.0 Å². The zero-order valence-corrected chi connectivity index (χ0v) is 8.29. The molecule has 3 rings (SSSR count). The van der Waals surface area contributed by atoms with E-state index in [1.807, 2.05) is 12.3 Å². The molecule has 0 bridgehead atoms.